The van der Waals surface area contributed by atoms with Gasteiger partial charge in [-0.15, -0.1) is 0 Å². The molecule has 4 heteroatoms. The lowest BCUT2D eigenvalue weighted by Crippen LogP contribution is -2.35. The van der Waals surface area contributed by atoms with Crippen LogP contribution in [0.2, 0.25) is 0 Å². The molecule has 0 saturated heterocycles. The SMILES string of the molecule is COc1ccc(CN(C)C(=O)C(N)c2ccc(C)cc2)cc1C. The van der Waals surface area contributed by atoms with Crippen LogP contribution in [0.1, 0.15) is 28.3 Å². The first-order valence-corrected chi connectivity index (χ1v) is 7.63. The molecule has 2 aromatic carbocycles. The number of carbonyl (C=O) groups excluding carboxylic acids is 1. The molecule has 0 saturated carbocycles. The molecule has 4 nitrogen and oxygen atoms in total. The average Bonchev–Trinajstić information content (AvgIpc) is 2.54. The van der Waals surface area contributed by atoms with E-state index in [9.17, 15) is 4.79 Å². The summed E-state index contributed by atoms with van der Waals surface area (Å²) in [6.45, 7) is 4.51. The summed E-state index contributed by atoms with van der Waals surface area (Å²) in [5.41, 5.74) is 10.2. The van der Waals surface area contributed by atoms with Gasteiger partial charge < -0.3 is 15.4 Å². The number of amides is 1. The first-order chi connectivity index (χ1) is 10.9. The number of benzene rings is 2. The van der Waals surface area contributed by atoms with Crippen molar-refractivity contribution in [3.05, 3.63) is 64.7 Å². The van der Waals surface area contributed by atoms with Gasteiger partial charge in [-0.1, -0.05) is 42.0 Å². The lowest BCUT2D eigenvalue weighted by molar-refractivity contribution is -0.131. The molecule has 1 atom stereocenters. The number of nitrogens with zero attached hydrogens (tertiary/aromatic N) is 1. The highest BCUT2D eigenvalue weighted by Gasteiger charge is 2.20. The van der Waals surface area contributed by atoms with E-state index in [0.29, 0.717) is 6.54 Å². The van der Waals surface area contributed by atoms with Crippen molar-refractivity contribution in [3.63, 3.8) is 0 Å². The van der Waals surface area contributed by atoms with Crippen LogP contribution in [0.25, 0.3) is 0 Å². The van der Waals surface area contributed by atoms with Gasteiger partial charge in [-0.05, 0) is 36.6 Å². The number of rotatable bonds is 5. The molecule has 0 bridgehead atoms. The highest BCUT2D eigenvalue weighted by atomic mass is 16.5. The van der Waals surface area contributed by atoms with Crippen LogP contribution in [0, 0.1) is 13.8 Å². The molecule has 0 spiro atoms. The van der Waals surface area contributed by atoms with Crippen LogP contribution in [0.3, 0.4) is 0 Å². The highest BCUT2D eigenvalue weighted by Crippen LogP contribution is 2.20. The maximum absolute atomic E-state index is 12.5. The number of nitrogens with two attached hydrogens (primary N) is 1. The fourth-order valence-electron chi connectivity index (χ4n) is 2.54. The number of aryl methyl sites for hydroxylation is 2. The summed E-state index contributed by atoms with van der Waals surface area (Å²) in [4.78, 5) is 14.2. The summed E-state index contributed by atoms with van der Waals surface area (Å²) in [5.74, 6) is 0.751. The van der Waals surface area contributed by atoms with Crippen molar-refractivity contribution in [2.24, 2.45) is 5.73 Å². The molecular weight excluding hydrogens is 288 g/mol. The Hall–Kier alpha value is -2.33. The Morgan fingerprint density at radius 2 is 1.83 bits per heavy atom. The Morgan fingerprint density at radius 3 is 2.39 bits per heavy atom. The van der Waals surface area contributed by atoms with Gasteiger partial charge in [0.25, 0.3) is 0 Å². The zero-order chi connectivity index (χ0) is 17.0. The molecule has 0 aliphatic rings. The quantitative estimate of drug-likeness (QED) is 0.923. The number of hydrogen-bond acceptors (Lipinski definition) is 3. The minimum Gasteiger partial charge on any atom is -0.496 e. The van der Waals surface area contributed by atoms with E-state index < -0.39 is 6.04 Å². The molecule has 1 unspecified atom stereocenters. The van der Waals surface area contributed by atoms with Crippen molar-refractivity contribution < 1.29 is 9.53 Å². The van der Waals surface area contributed by atoms with Crippen LogP contribution in [0.4, 0.5) is 0 Å². The minimum atomic E-state index is -0.639. The molecule has 0 radical (unpaired) electrons. The standard InChI is InChI=1S/C19H24N2O2/c1-13-5-8-16(9-6-13)18(20)19(22)21(3)12-15-7-10-17(23-4)14(2)11-15/h5-11,18H,12,20H2,1-4H3. The first-order valence-electron chi connectivity index (χ1n) is 7.63. The summed E-state index contributed by atoms with van der Waals surface area (Å²) in [6.07, 6.45) is 0. The van der Waals surface area contributed by atoms with Crippen molar-refractivity contribution in [2.75, 3.05) is 14.2 Å². The zero-order valence-electron chi connectivity index (χ0n) is 14.2. The second-order valence-corrected chi connectivity index (χ2v) is 5.89. The molecule has 1 amide bonds. The van der Waals surface area contributed by atoms with Gasteiger partial charge in [-0.3, -0.25) is 4.79 Å². The normalized spacial score (nSPS) is 11.9. The van der Waals surface area contributed by atoms with E-state index in [-0.39, 0.29) is 5.91 Å². The maximum Gasteiger partial charge on any atom is 0.244 e. The Morgan fingerprint density at radius 1 is 1.17 bits per heavy atom. The predicted molar refractivity (Wildman–Crippen MR) is 92.3 cm³/mol. The van der Waals surface area contributed by atoms with Crippen LogP contribution in [-0.4, -0.2) is 25.0 Å². The third-order valence-electron chi connectivity index (χ3n) is 3.96. The molecule has 2 aromatic rings. The van der Waals surface area contributed by atoms with Crippen LogP contribution in [0.15, 0.2) is 42.5 Å². The van der Waals surface area contributed by atoms with Crippen LogP contribution < -0.4 is 10.5 Å². The van der Waals surface area contributed by atoms with Crippen LogP contribution in [-0.2, 0) is 11.3 Å². The van der Waals surface area contributed by atoms with Crippen molar-refractivity contribution in [2.45, 2.75) is 26.4 Å². The fraction of sp³-hybridized carbons (Fsp3) is 0.316. The van der Waals surface area contributed by atoms with Gasteiger partial charge >= 0.3 is 0 Å². The Labute approximate surface area is 137 Å². The van der Waals surface area contributed by atoms with Crippen LogP contribution in [0.5, 0.6) is 5.75 Å². The molecule has 0 aliphatic heterocycles. The minimum absolute atomic E-state index is 0.0951. The highest BCUT2D eigenvalue weighted by molar-refractivity contribution is 5.82. The van der Waals surface area contributed by atoms with E-state index in [1.165, 1.54) is 0 Å². The third kappa shape index (κ3) is 4.11. The predicted octanol–water partition coefficient (Wildman–Crippen LogP) is 2.97. The van der Waals surface area contributed by atoms with Gasteiger partial charge in [0.2, 0.25) is 5.91 Å². The molecular formula is C19H24N2O2. The molecule has 2 N–H and O–H groups in total. The van der Waals surface area contributed by atoms with Gasteiger partial charge in [0.15, 0.2) is 0 Å². The monoisotopic (exact) mass is 312 g/mol. The smallest absolute Gasteiger partial charge is 0.244 e. The average molecular weight is 312 g/mol. The summed E-state index contributed by atoms with van der Waals surface area (Å²) < 4.78 is 5.26. The van der Waals surface area contributed by atoms with Crippen molar-refractivity contribution in [1.29, 1.82) is 0 Å². The van der Waals surface area contributed by atoms with Gasteiger partial charge in [0.05, 0.1) is 7.11 Å². The number of methoxy groups -OCH3 is 1. The summed E-state index contributed by atoms with van der Waals surface area (Å²) >= 11 is 0. The number of hydrogen-bond donors (Lipinski definition) is 1. The van der Waals surface area contributed by atoms with E-state index >= 15 is 0 Å². The van der Waals surface area contributed by atoms with Gasteiger partial charge in [-0.25, -0.2) is 0 Å². The summed E-state index contributed by atoms with van der Waals surface area (Å²) in [6, 6.07) is 13.0. The first kappa shape index (κ1) is 17.0. The number of likely N-dealkylation sites (N-methyl/N-ethyl adjacent to an activating group) is 1. The van der Waals surface area contributed by atoms with Gasteiger partial charge in [-0.2, -0.15) is 0 Å². The van der Waals surface area contributed by atoms with E-state index in [0.717, 1.165) is 28.0 Å². The fourth-order valence-corrected chi connectivity index (χ4v) is 2.54. The van der Waals surface area contributed by atoms with E-state index in [4.69, 9.17) is 10.5 Å². The van der Waals surface area contributed by atoms with Crippen molar-refractivity contribution >= 4 is 5.91 Å². The third-order valence-corrected chi connectivity index (χ3v) is 3.96. The molecule has 0 aromatic heterocycles. The molecule has 0 aliphatic carbocycles. The van der Waals surface area contributed by atoms with E-state index in [2.05, 4.69) is 0 Å². The topological polar surface area (TPSA) is 55.6 Å². The lowest BCUT2D eigenvalue weighted by atomic mass is 10.0. The summed E-state index contributed by atoms with van der Waals surface area (Å²) in [7, 11) is 3.42. The molecule has 122 valence electrons. The Bertz CT molecular complexity index is 680. The Balaban J connectivity index is 2.07. The Kier molecular flexibility index (Phi) is 5.40. The summed E-state index contributed by atoms with van der Waals surface area (Å²) in [5, 5.41) is 0. The van der Waals surface area contributed by atoms with E-state index in [1.807, 2.05) is 56.3 Å². The van der Waals surface area contributed by atoms with Crippen molar-refractivity contribution in [1.82, 2.24) is 4.90 Å². The van der Waals surface area contributed by atoms with Gasteiger partial charge in [0.1, 0.15) is 11.8 Å². The number of ether oxygens (including phenoxy) is 1. The molecule has 2 rings (SSSR count). The second kappa shape index (κ2) is 7.29. The van der Waals surface area contributed by atoms with Gasteiger partial charge in [0, 0.05) is 13.6 Å². The molecule has 0 fully saturated rings. The zero-order valence-corrected chi connectivity index (χ0v) is 14.2. The maximum atomic E-state index is 12.5. The van der Waals surface area contributed by atoms with E-state index in [1.54, 1.807) is 19.1 Å². The van der Waals surface area contributed by atoms with Crippen molar-refractivity contribution in [3.8, 4) is 5.75 Å². The number of carbonyl (C=O) groups is 1. The largest absolute Gasteiger partial charge is 0.496 e. The lowest BCUT2D eigenvalue weighted by Gasteiger charge is -2.22. The van der Waals surface area contributed by atoms with Crippen LogP contribution >= 0.6 is 0 Å². The molecule has 0 heterocycles. The molecule has 23 heavy (non-hydrogen) atoms. The second-order valence-electron chi connectivity index (χ2n) is 5.89.